The van der Waals surface area contributed by atoms with Crippen molar-refractivity contribution in [2.24, 2.45) is 0 Å². The summed E-state index contributed by atoms with van der Waals surface area (Å²) in [6.45, 7) is 5.47. The average Bonchev–Trinajstić information content (AvgIpc) is 2.73. The van der Waals surface area contributed by atoms with Crippen LogP contribution in [0.5, 0.6) is 0 Å². The standard InChI is InChI=1S/C15H17BrN2O3/c1-8(2)18-13(19)7-17-15(20)14-9(3)11-6-10(16)4-5-12(11)21-14/h4-6,8H,7H2,1-3H3,(H,17,20)(H,18,19). The van der Waals surface area contributed by atoms with E-state index in [2.05, 4.69) is 26.6 Å². The number of aryl methyl sites for hydroxylation is 1. The van der Waals surface area contributed by atoms with Crippen LogP contribution in [0.15, 0.2) is 27.1 Å². The van der Waals surface area contributed by atoms with Gasteiger partial charge in [0.2, 0.25) is 5.91 Å². The molecule has 1 heterocycles. The molecule has 0 unspecified atom stereocenters. The van der Waals surface area contributed by atoms with E-state index in [0.29, 0.717) is 5.58 Å². The molecular weight excluding hydrogens is 336 g/mol. The molecule has 1 aromatic carbocycles. The summed E-state index contributed by atoms with van der Waals surface area (Å²) in [5, 5.41) is 6.15. The van der Waals surface area contributed by atoms with Crippen LogP contribution in [0.2, 0.25) is 0 Å². The van der Waals surface area contributed by atoms with Crippen molar-refractivity contribution >= 4 is 38.7 Å². The molecule has 0 atom stereocenters. The zero-order chi connectivity index (χ0) is 15.6. The molecule has 0 saturated heterocycles. The largest absolute Gasteiger partial charge is 0.451 e. The summed E-state index contributed by atoms with van der Waals surface area (Å²) in [6.07, 6.45) is 0. The lowest BCUT2D eigenvalue weighted by atomic mass is 10.1. The highest BCUT2D eigenvalue weighted by Gasteiger charge is 2.18. The summed E-state index contributed by atoms with van der Waals surface area (Å²) < 4.78 is 6.48. The van der Waals surface area contributed by atoms with E-state index in [4.69, 9.17) is 4.42 Å². The number of carbonyl (C=O) groups excluding carboxylic acids is 2. The quantitative estimate of drug-likeness (QED) is 0.888. The fourth-order valence-corrected chi connectivity index (χ4v) is 2.38. The first-order chi connectivity index (χ1) is 9.88. The summed E-state index contributed by atoms with van der Waals surface area (Å²) in [5.41, 5.74) is 1.40. The molecule has 1 aromatic heterocycles. The Morgan fingerprint density at radius 1 is 1.33 bits per heavy atom. The van der Waals surface area contributed by atoms with Crippen LogP contribution in [-0.4, -0.2) is 24.4 Å². The van der Waals surface area contributed by atoms with Gasteiger partial charge in [0.1, 0.15) is 5.58 Å². The van der Waals surface area contributed by atoms with Gasteiger partial charge < -0.3 is 15.1 Å². The van der Waals surface area contributed by atoms with Gasteiger partial charge in [-0.15, -0.1) is 0 Å². The summed E-state index contributed by atoms with van der Waals surface area (Å²) in [5.74, 6) is -0.381. The first kappa shape index (κ1) is 15.6. The van der Waals surface area contributed by atoms with Gasteiger partial charge in [-0.25, -0.2) is 0 Å². The van der Waals surface area contributed by atoms with Crippen molar-refractivity contribution in [3.8, 4) is 0 Å². The Hall–Kier alpha value is -1.82. The number of furan rings is 1. The van der Waals surface area contributed by atoms with Gasteiger partial charge in [-0.1, -0.05) is 15.9 Å². The molecule has 0 spiro atoms. The summed E-state index contributed by atoms with van der Waals surface area (Å²) in [6, 6.07) is 5.59. The average molecular weight is 353 g/mol. The molecule has 2 rings (SSSR count). The van der Waals surface area contributed by atoms with Crippen LogP contribution in [0.1, 0.15) is 30.0 Å². The van der Waals surface area contributed by atoms with Crippen molar-refractivity contribution in [3.05, 3.63) is 34.0 Å². The van der Waals surface area contributed by atoms with Gasteiger partial charge >= 0.3 is 0 Å². The number of rotatable bonds is 4. The third-order valence-electron chi connectivity index (χ3n) is 2.96. The smallest absolute Gasteiger partial charge is 0.287 e. The van der Waals surface area contributed by atoms with Gasteiger partial charge in [-0.2, -0.15) is 0 Å². The Labute approximate surface area is 131 Å². The van der Waals surface area contributed by atoms with Crippen LogP contribution >= 0.6 is 15.9 Å². The lowest BCUT2D eigenvalue weighted by Crippen LogP contribution is -2.39. The second-order valence-corrected chi connectivity index (χ2v) is 6.02. The van der Waals surface area contributed by atoms with Crippen LogP contribution < -0.4 is 10.6 Å². The van der Waals surface area contributed by atoms with Crippen molar-refractivity contribution in [2.45, 2.75) is 26.8 Å². The van der Waals surface area contributed by atoms with Gasteiger partial charge in [0.05, 0.1) is 6.54 Å². The van der Waals surface area contributed by atoms with Gasteiger partial charge in [-0.3, -0.25) is 9.59 Å². The van der Waals surface area contributed by atoms with E-state index in [9.17, 15) is 9.59 Å². The van der Waals surface area contributed by atoms with Crippen molar-refractivity contribution in [1.29, 1.82) is 0 Å². The topological polar surface area (TPSA) is 71.3 Å². The Bertz CT molecular complexity index is 692. The molecule has 6 heteroatoms. The van der Waals surface area contributed by atoms with E-state index >= 15 is 0 Å². The minimum absolute atomic E-state index is 0.0414. The number of hydrogen-bond donors (Lipinski definition) is 2. The SMILES string of the molecule is Cc1c(C(=O)NCC(=O)NC(C)C)oc2ccc(Br)cc12. The molecule has 112 valence electrons. The van der Waals surface area contributed by atoms with E-state index in [1.807, 2.05) is 32.9 Å². The van der Waals surface area contributed by atoms with Crippen molar-refractivity contribution in [3.63, 3.8) is 0 Å². The number of amides is 2. The maximum Gasteiger partial charge on any atom is 0.287 e. The number of benzene rings is 1. The van der Waals surface area contributed by atoms with E-state index < -0.39 is 5.91 Å². The Kier molecular flexibility index (Phi) is 4.67. The number of nitrogens with one attached hydrogen (secondary N) is 2. The predicted molar refractivity (Wildman–Crippen MR) is 84.3 cm³/mol. The molecule has 0 radical (unpaired) electrons. The fraction of sp³-hybridized carbons (Fsp3) is 0.333. The minimum atomic E-state index is -0.390. The molecule has 0 aliphatic carbocycles. The summed E-state index contributed by atoms with van der Waals surface area (Å²) in [4.78, 5) is 23.6. The highest BCUT2D eigenvalue weighted by molar-refractivity contribution is 9.10. The molecule has 21 heavy (non-hydrogen) atoms. The molecule has 0 bridgehead atoms. The van der Waals surface area contributed by atoms with Crippen LogP contribution in [0.25, 0.3) is 11.0 Å². The molecule has 2 amide bonds. The van der Waals surface area contributed by atoms with E-state index in [0.717, 1.165) is 15.4 Å². The normalized spacial score (nSPS) is 10.9. The van der Waals surface area contributed by atoms with Gasteiger partial charge in [0.25, 0.3) is 5.91 Å². The van der Waals surface area contributed by atoms with Crippen molar-refractivity contribution in [2.75, 3.05) is 6.54 Å². The number of carbonyl (C=O) groups is 2. The predicted octanol–water partition coefficient (Wildman–Crippen LogP) is 2.76. The zero-order valence-electron chi connectivity index (χ0n) is 12.1. The number of halogens is 1. The molecule has 2 aromatic rings. The summed E-state index contributed by atoms with van der Waals surface area (Å²) in [7, 11) is 0. The molecule has 0 saturated carbocycles. The number of hydrogen-bond acceptors (Lipinski definition) is 3. The van der Waals surface area contributed by atoms with E-state index in [1.54, 1.807) is 6.07 Å². The highest BCUT2D eigenvalue weighted by Crippen LogP contribution is 2.27. The lowest BCUT2D eigenvalue weighted by molar-refractivity contribution is -0.120. The maximum absolute atomic E-state index is 12.1. The van der Waals surface area contributed by atoms with Crippen LogP contribution in [0, 0.1) is 6.92 Å². The van der Waals surface area contributed by atoms with Crippen LogP contribution in [0.4, 0.5) is 0 Å². The first-order valence-electron chi connectivity index (χ1n) is 6.64. The van der Waals surface area contributed by atoms with Gasteiger partial charge in [0.15, 0.2) is 5.76 Å². The maximum atomic E-state index is 12.1. The molecule has 0 aliphatic rings. The molecule has 0 aliphatic heterocycles. The minimum Gasteiger partial charge on any atom is -0.451 e. The second kappa shape index (κ2) is 6.30. The van der Waals surface area contributed by atoms with Gasteiger partial charge in [-0.05, 0) is 39.0 Å². The van der Waals surface area contributed by atoms with E-state index in [-0.39, 0.29) is 24.3 Å². The summed E-state index contributed by atoms with van der Waals surface area (Å²) >= 11 is 3.39. The van der Waals surface area contributed by atoms with Crippen LogP contribution in [-0.2, 0) is 4.79 Å². The van der Waals surface area contributed by atoms with Crippen molar-refractivity contribution in [1.82, 2.24) is 10.6 Å². The lowest BCUT2D eigenvalue weighted by Gasteiger charge is -2.08. The van der Waals surface area contributed by atoms with E-state index in [1.165, 1.54) is 0 Å². The van der Waals surface area contributed by atoms with Gasteiger partial charge in [0, 0.05) is 21.5 Å². The monoisotopic (exact) mass is 352 g/mol. The van der Waals surface area contributed by atoms with Crippen molar-refractivity contribution < 1.29 is 14.0 Å². The zero-order valence-corrected chi connectivity index (χ0v) is 13.7. The molecule has 5 nitrogen and oxygen atoms in total. The highest BCUT2D eigenvalue weighted by atomic mass is 79.9. The Morgan fingerprint density at radius 2 is 2.05 bits per heavy atom. The molecule has 0 fully saturated rings. The van der Waals surface area contributed by atoms with Crippen LogP contribution in [0.3, 0.4) is 0 Å². The molecule has 2 N–H and O–H groups in total. The second-order valence-electron chi connectivity index (χ2n) is 5.10. The Morgan fingerprint density at radius 3 is 2.71 bits per heavy atom. The fourth-order valence-electron chi connectivity index (χ4n) is 2.02. The molecular formula is C15H17BrN2O3. The third kappa shape index (κ3) is 3.64. The number of fused-ring (bicyclic) bond motifs is 1. The Balaban J connectivity index is 2.13. The third-order valence-corrected chi connectivity index (χ3v) is 3.46. The first-order valence-corrected chi connectivity index (χ1v) is 7.44.